The number of hydrogen-bond donors (Lipinski definition) is 1. The number of nitrogens with zero attached hydrogens (tertiary/aromatic N) is 1. The number of hydrogen-bond acceptors (Lipinski definition) is 5. The summed E-state index contributed by atoms with van der Waals surface area (Å²) in [5, 5.41) is 0.860. The number of ketones is 1. The molecule has 1 atom stereocenters. The summed E-state index contributed by atoms with van der Waals surface area (Å²) in [4.78, 5) is 35.2. The van der Waals surface area contributed by atoms with E-state index in [-0.39, 0.29) is 18.8 Å². The summed E-state index contributed by atoms with van der Waals surface area (Å²) in [5.74, 6) is 4.52. The largest absolute Gasteiger partial charge is 0.464 e. The minimum Gasteiger partial charge on any atom is -0.464 e. The molecule has 1 aliphatic rings. The van der Waals surface area contributed by atoms with Crippen molar-refractivity contribution in [2.75, 3.05) is 6.61 Å². The Morgan fingerprint density at radius 2 is 1.77 bits per heavy atom. The fourth-order valence-electron chi connectivity index (χ4n) is 2.95. The Kier molecular flexibility index (Phi) is 11.6. The van der Waals surface area contributed by atoms with E-state index in [0.717, 1.165) is 37.1 Å². The van der Waals surface area contributed by atoms with Crippen molar-refractivity contribution < 1.29 is 19.1 Å². The zero-order valence-electron chi connectivity index (χ0n) is 16.1. The van der Waals surface area contributed by atoms with Crippen molar-refractivity contribution in [3.05, 3.63) is 12.2 Å². The second-order valence-corrected chi connectivity index (χ2v) is 6.91. The fraction of sp³-hybridized carbons (Fsp3) is 0.750. The van der Waals surface area contributed by atoms with Crippen molar-refractivity contribution in [1.82, 2.24) is 5.01 Å². The molecule has 0 saturated carbocycles. The molecule has 1 aliphatic heterocycles. The molecule has 0 aromatic rings. The summed E-state index contributed by atoms with van der Waals surface area (Å²) < 4.78 is 4.78. The highest BCUT2D eigenvalue weighted by molar-refractivity contribution is 5.99. The van der Waals surface area contributed by atoms with Crippen LogP contribution < -0.4 is 5.84 Å². The lowest BCUT2D eigenvalue weighted by Crippen LogP contribution is -2.48. The van der Waals surface area contributed by atoms with Crippen LogP contribution in [0.5, 0.6) is 0 Å². The molecule has 26 heavy (non-hydrogen) atoms. The molecule has 1 fully saturated rings. The minimum atomic E-state index is -0.746. The van der Waals surface area contributed by atoms with Gasteiger partial charge in [-0.3, -0.25) is 14.6 Å². The van der Waals surface area contributed by atoms with E-state index in [1.807, 2.05) is 0 Å². The first-order valence-electron chi connectivity index (χ1n) is 9.96. The molecule has 0 aromatic carbocycles. The summed E-state index contributed by atoms with van der Waals surface area (Å²) in [7, 11) is 0. The van der Waals surface area contributed by atoms with Crippen LogP contribution in [0.25, 0.3) is 0 Å². The van der Waals surface area contributed by atoms with E-state index in [4.69, 9.17) is 10.6 Å². The zero-order valence-corrected chi connectivity index (χ0v) is 16.1. The smallest absolute Gasteiger partial charge is 0.330 e. The Hall–Kier alpha value is -1.69. The Morgan fingerprint density at radius 3 is 2.35 bits per heavy atom. The van der Waals surface area contributed by atoms with E-state index in [0.29, 0.717) is 12.8 Å². The Morgan fingerprint density at radius 1 is 1.12 bits per heavy atom. The van der Waals surface area contributed by atoms with Crippen molar-refractivity contribution in [3.8, 4) is 0 Å². The zero-order chi connectivity index (χ0) is 19.2. The van der Waals surface area contributed by atoms with Crippen molar-refractivity contribution in [2.45, 2.75) is 90.0 Å². The predicted octanol–water partition coefficient (Wildman–Crippen LogP) is 3.44. The third kappa shape index (κ3) is 9.13. The molecule has 1 unspecified atom stereocenters. The summed E-state index contributed by atoms with van der Waals surface area (Å²) in [6, 6.07) is -0.746. The Labute approximate surface area is 157 Å². The van der Waals surface area contributed by atoms with Gasteiger partial charge in [0.05, 0.1) is 13.0 Å². The van der Waals surface area contributed by atoms with Gasteiger partial charge in [0.15, 0.2) is 0 Å². The average Bonchev–Trinajstić information content (AvgIpc) is 3.04. The molecule has 148 valence electrons. The molecule has 6 heteroatoms. The lowest BCUT2D eigenvalue weighted by Gasteiger charge is -2.20. The molecular weight excluding hydrogens is 332 g/mol. The highest BCUT2D eigenvalue weighted by Gasteiger charge is 2.34. The second kappa shape index (κ2) is 13.5. The molecule has 1 amide bonds. The van der Waals surface area contributed by atoms with Crippen LogP contribution in [0.2, 0.25) is 0 Å². The highest BCUT2D eigenvalue weighted by Crippen LogP contribution is 2.13. The van der Waals surface area contributed by atoms with Crippen LogP contribution in [0.4, 0.5) is 0 Å². The number of carbonyl (C=O) groups excluding carboxylic acids is 3. The van der Waals surface area contributed by atoms with Crippen molar-refractivity contribution >= 4 is 17.7 Å². The fourth-order valence-corrected chi connectivity index (χ4v) is 2.95. The monoisotopic (exact) mass is 366 g/mol. The molecule has 0 radical (unpaired) electrons. The maximum Gasteiger partial charge on any atom is 0.330 e. The molecule has 0 bridgehead atoms. The van der Waals surface area contributed by atoms with Gasteiger partial charge in [-0.05, 0) is 32.1 Å². The van der Waals surface area contributed by atoms with Gasteiger partial charge in [-0.1, -0.05) is 44.8 Å². The molecule has 1 heterocycles. The first kappa shape index (κ1) is 22.4. The third-order valence-corrected chi connectivity index (χ3v) is 4.60. The van der Waals surface area contributed by atoms with Gasteiger partial charge in [0, 0.05) is 12.8 Å². The summed E-state index contributed by atoms with van der Waals surface area (Å²) in [5.41, 5.74) is 0. The van der Waals surface area contributed by atoms with Gasteiger partial charge in [-0.2, -0.15) is 0 Å². The van der Waals surface area contributed by atoms with Gasteiger partial charge in [-0.15, -0.1) is 0 Å². The number of nitrogens with two attached hydrogens (primary N) is 1. The summed E-state index contributed by atoms with van der Waals surface area (Å²) in [6.45, 7) is 2.49. The van der Waals surface area contributed by atoms with Crippen LogP contribution >= 0.6 is 0 Å². The van der Waals surface area contributed by atoms with Crippen molar-refractivity contribution in [2.24, 2.45) is 5.84 Å². The molecule has 0 aromatic heterocycles. The number of Topliss-reactive ketones (excluding diaryl/α,β-unsaturated/α-hetero) is 1. The van der Waals surface area contributed by atoms with Crippen molar-refractivity contribution in [3.63, 3.8) is 0 Å². The van der Waals surface area contributed by atoms with Gasteiger partial charge in [0.25, 0.3) is 0 Å². The number of carbonyl (C=O) groups is 3. The number of hydrazine groups is 1. The maximum atomic E-state index is 12.0. The first-order valence-corrected chi connectivity index (χ1v) is 9.96. The number of unbranched alkanes of at least 4 members (excludes halogenated alkanes) is 7. The lowest BCUT2D eigenvalue weighted by atomic mass is 10.1. The normalized spacial score (nSPS) is 16.8. The van der Waals surface area contributed by atoms with Gasteiger partial charge in [0.1, 0.15) is 11.8 Å². The standard InChI is InChI=1S/C20H34N2O4/c1-2-3-4-5-6-7-8-9-10-11-12-13-17(23)16-19(24)22(21)18-14-15-26-20(18)25/h7-8,18H,2-6,9-16,21H2,1H3. The summed E-state index contributed by atoms with van der Waals surface area (Å²) in [6.07, 6.45) is 15.2. The van der Waals surface area contributed by atoms with Gasteiger partial charge in [-0.25, -0.2) is 10.6 Å². The third-order valence-electron chi connectivity index (χ3n) is 4.60. The molecular formula is C20H34N2O4. The van der Waals surface area contributed by atoms with Gasteiger partial charge < -0.3 is 4.74 Å². The van der Waals surface area contributed by atoms with Gasteiger partial charge >= 0.3 is 5.97 Å². The van der Waals surface area contributed by atoms with Crippen LogP contribution in [-0.2, 0) is 19.1 Å². The number of allylic oxidation sites excluding steroid dienone is 2. The lowest BCUT2D eigenvalue weighted by molar-refractivity contribution is -0.149. The molecule has 6 nitrogen and oxygen atoms in total. The highest BCUT2D eigenvalue weighted by atomic mass is 16.5. The molecule has 0 spiro atoms. The van der Waals surface area contributed by atoms with Crippen LogP contribution in [0.1, 0.15) is 84.0 Å². The van der Waals surface area contributed by atoms with Crippen LogP contribution in [-0.4, -0.2) is 35.3 Å². The topological polar surface area (TPSA) is 89.7 Å². The average molecular weight is 367 g/mol. The van der Waals surface area contributed by atoms with E-state index in [9.17, 15) is 14.4 Å². The number of ether oxygens (including phenoxy) is 1. The maximum absolute atomic E-state index is 12.0. The number of amides is 1. The molecule has 2 N–H and O–H groups in total. The van der Waals surface area contributed by atoms with E-state index in [1.54, 1.807) is 0 Å². The minimum absolute atomic E-state index is 0.122. The number of esters is 1. The van der Waals surface area contributed by atoms with Crippen LogP contribution in [0, 0.1) is 0 Å². The van der Waals surface area contributed by atoms with E-state index in [2.05, 4.69) is 19.1 Å². The first-order chi connectivity index (χ1) is 12.6. The quantitative estimate of drug-likeness (QED) is 0.0967. The van der Waals surface area contributed by atoms with Crippen LogP contribution in [0.3, 0.4) is 0 Å². The Balaban J connectivity index is 2.03. The second-order valence-electron chi connectivity index (χ2n) is 6.91. The van der Waals surface area contributed by atoms with E-state index >= 15 is 0 Å². The van der Waals surface area contributed by atoms with Crippen molar-refractivity contribution in [1.29, 1.82) is 0 Å². The number of rotatable bonds is 14. The predicted molar refractivity (Wildman–Crippen MR) is 101 cm³/mol. The van der Waals surface area contributed by atoms with Gasteiger partial charge in [0.2, 0.25) is 5.91 Å². The SMILES string of the molecule is CCCCCCC=CCCCCCC(=O)CC(=O)N(N)C1CCOC1=O. The molecule has 0 aliphatic carbocycles. The van der Waals surface area contributed by atoms with E-state index in [1.165, 1.54) is 25.7 Å². The summed E-state index contributed by atoms with van der Waals surface area (Å²) >= 11 is 0. The van der Waals surface area contributed by atoms with Crippen LogP contribution in [0.15, 0.2) is 12.2 Å². The van der Waals surface area contributed by atoms with E-state index < -0.39 is 17.9 Å². The molecule has 1 saturated heterocycles. The molecule has 1 rings (SSSR count). The Bertz CT molecular complexity index is 476. The number of cyclic esters (lactones) is 1.